The minimum atomic E-state index is -0.158. The second kappa shape index (κ2) is 11.7. The van der Waals surface area contributed by atoms with E-state index in [0.29, 0.717) is 49.8 Å². The molecule has 2 aromatic rings. The predicted molar refractivity (Wildman–Crippen MR) is 135 cm³/mol. The number of unbranched alkanes of at least 4 members (excludes halogenated alkanes) is 2. The van der Waals surface area contributed by atoms with Crippen LogP contribution in [0.2, 0.25) is 0 Å². The highest BCUT2D eigenvalue weighted by molar-refractivity contribution is 5.97. The molecule has 2 aliphatic heterocycles. The standard InChI is InChI=1S/C27H37N3O6/c1-3-35-23(31)10-5-4-6-14-28-26(33)30-17-13-27(19-30)11-15-29(16-12-27)25(32)22-18-20-8-7-9-21(34-2)24(20)36-22/h7-9,18H,3-6,10-17,19H2,1-2H3,(H,28,33). The van der Waals surface area contributed by atoms with E-state index in [9.17, 15) is 14.4 Å². The van der Waals surface area contributed by atoms with Crippen LogP contribution >= 0.6 is 0 Å². The van der Waals surface area contributed by atoms with E-state index in [2.05, 4.69) is 5.32 Å². The second-order valence-corrected chi connectivity index (χ2v) is 9.80. The molecule has 3 heterocycles. The second-order valence-electron chi connectivity index (χ2n) is 9.80. The molecule has 1 aromatic carbocycles. The molecular formula is C27H37N3O6. The van der Waals surface area contributed by atoms with E-state index in [1.807, 2.05) is 28.0 Å². The summed E-state index contributed by atoms with van der Waals surface area (Å²) in [6.07, 6.45) is 5.64. The molecule has 1 N–H and O–H groups in total. The molecular weight excluding hydrogens is 462 g/mol. The number of likely N-dealkylation sites (tertiary alicyclic amines) is 2. The number of amides is 3. The monoisotopic (exact) mass is 499 g/mol. The molecule has 0 atom stereocenters. The minimum Gasteiger partial charge on any atom is -0.493 e. The lowest BCUT2D eigenvalue weighted by Gasteiger charge is -2.38. The number of benzene rings is 1. The largest absolute Gasteiger partial charge is 0.493 e. The fourth-order valence-corrected chi connectivity index (χ4v) is 5.27. The zero-order valence-electron chi connectivity index (χ0n) is 21.3. The Morgan fingerprint density at radius 1 is 1.06 bits per heavy atom. The van der Waals surface area contributed by atoms with Crippen LogP contribution in [0, 0.1) is 5.41 Å². The van der Waals surface area contributed by atoms with Crippen molar-refractivity contribution >= 4 is 28.9 Å². The number of piperidine rings is 1. The van der Waals surface area contributed by atoms with Crippen molar-refractivity contribution < 1.29 is 28.3 Å². The summed E-state index contributed by atoms with van der Waals surface area (Å²) in [6, 6.07) is 7.36. The topological polar surface area (TPSA) is 101 Å². The summed E-state index contributed by atoms with van der Waals surface area (Å²) in [6.45, 7) is 5.61. The maximum absolute atomic E-state index is 13.1. The first-order chi connectivity index (χ1) is 17.4. The number of rotatable bonds is 9. The number of nitrogens with one attached hydrogen (secondary N) is 1. The summed E-state index contributed by atoms with van der Waals surface area (Å²) < 4.78 is 16.1. The average Bonchev–Trinajstić information content (AvgIpc) is 3.51. The molecule has 196 valence electrons. The first-order valence-electron chi connectivity index (χ1n) is 13.0. The molecule has 9 nitrogen and oxygen atoms in total. The highest BCUT2D eigenvalue weighted by Crippen LogP contribution is 2.41. The maximum Gasteiger partial charge on any atom is 0.317 e. The molecule has 0 aliphatic carbocycles. The van der Waals surface area contributed by atoms with Crippen LogP contribution in [0.25, 0.3) is 11.0 Å². The minimum absolute atomic E-state index is 0.0213. The normalized spacial score (nSPS) is 16.9. The molecule has 1 spiro atoms. The van der Waals surface area contributed by atoms with Gasteiger partial charge in [-0.25, -0.2) is 4.79 Å². The fraction of sp³-hybridized carbons (Fsp3) is 0.593. The van der Waals surface area contributed by atoms with E-state index in [0.717, 1.165) is 57.0 Å². The number of hydrogen-bond donors (Lipinski definition) is 1. The summed E-state index contributed by atoms with van der Waals surface area (Å²) in [4.78, 5) is 40.9. The summed E-state index contributed by atoms with van der Waals surface area (Å²) in [7, 11) is 1.59. The SMILES string of the molecule is CCOC(=O)CCCCCNC(=O)N1CCC2(CCN(C(=O)c3cc4cccc(OC)c4o3)CC2)C1. The Bertz CT molecular complexity index is 1070. The summed E-state index contributed by atoms with van der Waals surface area (Å²) in [5.41, 5.74) is 0.665. The third kappa shape index (κ3) is 5.94. The number of para-hydroxylation sites is 1. The number of carbonyl (C=O) groups excluding carboxylic acids is 3. The number of esters is 1. The fourth-order valence-electron chi connectivity index (χ4n) is 5.27. The van der Waals surface area contributed by atoms with Gasteiger partial charge in [-0.3, -0.25) is 9.59 Å². The van der Waals surface area contributed by atoms with Gasteiger partial charge in [-0.2, -0.15) is 0 Å². The van der Waals surface area contributed by atoms with E-state index < -0.39 is 0 Å². The van der Waals surface area contributed by atoms with Crippen LogP contribution in [0.3, 0.4) is 0 Å². The molecule has 0 saturated carbocycles. The average molecular weight is 500 g/mol. The van der Waals surface area contributed by atoms with Gasteiger partial charge in [-0.1, -0.05) is 18.6 Å². The molecule has 2 saturated heterocycles. The van der Waals surface area contributed by atoms with Gasteiger partial charge < -0.3 is 29.0 Å². The number of urea groups is 1. The van der Waals surface area contributed by atoms with E-state index >= 15 is 0 Å². The van der Waals surface area contributed by atoms with Crippen LogP contribution < -0.4 is 10.1 Å². The van der Waals surface area contributed by atoms with Gasteiger partial charge in [0.2, 0.25) is 0 Å². The quantitative estimate of drug-likeness (QED) is 0.410. The van der Waals surface area contributed by atoms with Gasteiger partial charge in [0.05, 0.1) is 13.7 Å². The van der Waals surface area contributed by atoms with Gasteiger partial charge in [0, 0.05) is 44.5 Å². The van der Waals surface area contributed by atoms with Gasteiger partial charge in [-0.15, -0.1) is 0 Å². The van der Waals surface area contributed by atoms with E-state index in [1.54, 1.807) is 20.1 Å². The van der Waals surface area contributed by atoms with E-state index in [-0.39, 0.29) is 23.3 Å². The highest BCUT2D eigenvalue weighted by Gasteiger charge is 2.43. The van der Waals surface area contributed by atoms with Crippen molar-refractivity contribution in [1.82, 2.24) is 15.1 Å². The van der Waals surface area contributed by atoms with Crippen molar-refractivity contribution in [3.05, 3.63) is 30.0 Å². The Kier molecular flexibility index (Phi) is 8.38. The molecule has 0 unspecified atom stereocenters. The lowest BCUT2D eigenvalue weighted by atomic mass is 9.78. The first kappa shape index (κ1) is 25.9. The molecule has 36 heavy (non-hydrogen) atoms. The van der Waals surface area contributed by atoms with Crippen LogP contribution in [-0.2, 0) is 9.53 Å². The van der Waals surface area contributed by atoms with Crippen LogP contribution in [0.4, 0.5) is 4.79 Å². The summed E-state index contributed by atoms with van der Waals surface area (Å²) in [5.74, 6) is 0.693. The molecule has 9 heteroatoms. The highest BCUT2D eigenvalue weighted by atomic mass is 16.5. The van der Waals surface area contributed by atoms with Crippen molar-refractivity contribution in [2.75, 3.05) is 46.4 Å². The van der Waals surface area contributed by atoms with Crippen LogP contribution in [0.5, 0.6) is 5.75 Å². The number of furan rings is 1. The lowest BCUT2D eigenvalue weighted by Crippen LogP contribution is -2.45. The Morgan fingerprint density at radius 3 is 2.53 bits per heavy atom. The molecule has 1 aromatic heterocycles. The molecule has 4 rings (SSSR count). The van der Waals surface area contributed by atoms with Gasteiger partial charge in [0.25, 0.3) is 5.91 Å². The number of fused-ring (bicyclic) bond motifs is 1. The molecule has 0 bridgehead atoms. The van der Waals surface area contributed by atoms with Crippen molar-refractivity contribution in [3.8, 4) is 5.75 Å². The van der Waals surface area contributed by atoms with Crippen molar-refractivity contribution in [2.24, 2.45) is 5.41 Å². The number of nitrogens with zero attached hydrogens (tertiary/aromatic N) is 2. The third-order valence-electron chi connectivity index (χ3n) is 7.41. The Hall–Kier alpha value is -3.23. The third-order valence-corrected chi connectivity index (χ3v) is 7.41. The predicted octanol–water partition coefficient (Wildman–Crippen LogP) is 4.20. The van der Waals surface area contributed by atoms with Gasteiger partial charge >= 0.3 is 12.0 Å². The van der Waals surface area contributed by atoms with Crippen molar-refractivity contribution in [3.63, 3.8) is 0 Å². The smallest absolute Gasteiger partial charge is 0.317 e. The summed E-state index contributed by atoms with van der Waals surface area (Å²) >= 11 is 0. The molecule has 2 aliphatic rings. The molecule has 2 fully saturated rings. The Morgan fingerprint density at radius 2 is 1.81 bits per heavy atom. The zero-order valence-corrected chi connectivity index (χ0v) is 21.3. The lowest BCUT2D eigenvalue weighted by molar-refractivity contribution is -0.143. The Balaban J connectivity index is 1.20. The van der Waals surface area contributed by atoms with Crippen molar-refractivity contribution in [1.29, 1.82) is 0 Å². The molecule has 0 radical (unpaired) electrons. The maximum atomic E-state index is 13.1. The van der Waals surface area contributed by atoms with Crippen LogP contribution in [0.15, 0.2) is 28.7 Å². The molecule has 3 amide bonds. The van der Waals surface area contributed by atoms with E-state index in [4.69, 9.17) is 13.9 Å². The van der Waals surface area contributed by atoms with Gasteiger partial charge in [0.1, 0.15) is 0 Å². The zero-order chi connectivity index (χ0) is 25.5. The first-order valence-corrected chi connectivity index (χ1v) is 13.0. The van der Waals surface area contributed by atoms with E-state index in [1.165, 1.54) is 0 Å². The van der Waals surface area contributed by atoms with Crippen LogP contribution in [-0.4, -0.2) is 74.1 Å². The number of carbonyl (C=O) groups is 3. The Labute approximate surface area is 212 Å². The van der Waals surface area contributed by atoms with Crippen LogP contribution in [0.1, 0.15) is 62.4 Å². The van der Waals surface area contributed by atoms with Crippen molar-refractivity contribution in [2.45, 2.75) is 51.9 Å². The summed E-state index contributed by atoms with van der Waals surface area (Å²) in [5, 5.41) is 3.86. The van der Waals surface area contributed by atoms with Gasteiger partial charge in [-0.05, 0) is 56.6 Å². The van der Waals surface area contributed by atoms with Gasteiger partial charge in [0.15, 0.2) is 17.1 Å². The number of hydrogen-bond acceptors (Lipinski definition) is 6. The number of methoxy groups -OCH3 is 1. The number of ether oxygens (including phenoxy) is 2.